The number of rotatable bonds is 19. The minimum absolute atomic E-state index is 0.0220. The fourth-order valence-electron chi connectivity index (χ4n) is 7.72. The van der Waals surface area contributed by atoms with Gasteiger partial charge in [-0.25, -0.2) is 4.79 Å². The van der Waals surface area contributed by atoms with E-state index in [-0.39, 0.29) is 43.0 Å². The molecule has 1 heterocycles. The lowest BCUT2D eigenvalue weighted by atomic mass is 9.83. The van der Waals surface area contributed by atoms with Crippen LogP contribution < -0.4 is 27.0 Å². The molecule has 60 heavy (non-hydrogen) atoms. The van der Waals surface area contributed by atoms with Gasteiger partial charge < -0.3 is 41.7 Å². The van der Waals surface area contributed by atoms with Gasteiger partial charge in [0.05, 0.1) is 36.4 Å². The summed E-state index contributed by atoms with van der Waals surface area (Å²) < 4.78 is 6.21. The molecular weight excluding hydrogens is 773 g/mol. The van der Waals surface area contributed by atoms with Gasteiger partial charge in [-0.3, -0.25) is 33.6 Å². The van der Waals surface area contributed by atoms with Crippen LogP contribution in [0.15, 0.2) is 84.9 Å². The van der Waals surface area contributed by atoms with Crippen LogP contribution in [-0.2, 0) is 40.1 Å². The number of primary amides is 1. The monoisotopic (exact) mass is 824 g/mol. The van der Waals surface area contributed by atoms with Gasteiger partial charge in [0.1, 0.15) is 18.1 Å². The lowest BCUT2D eigenvalue weighted by Crippen LogP contribution is -2.58. The third-order valence-corrected chi connectivity index (χ3v) is 10.8. The average Bonchev–Trinajstić information content (AvgIpc) is 3.70. The number of aromatic carboxylic acids is 1. The van der Waals surface area contributed by atoms with Crippen LogP contribution in [0.4, 0.5) is 0 Å². The van der Waals surface area contributed by atoms with Crippen molar-refractivity contribution in [1.29, 1.82) is 0 Å². The van der Waals surface area contributed by atoms with E-state index in [4.69, 9.17) is 10.5 Å². The molecule has 2 aliphatic rings. The molecule has 1 saturated carbocycles. The van der Waals surface area contributed by atoms with Crippen molar-refractivity contribution in [2.45, 2.75) is 95.2 Å². The van der Waals surface area contributed by atoms with Crippen molar-refractivity contribution >= 4 is 47.2 Å². The molecule has 6 amide bonds. The lowest BCUT2D eigenvalue weighted by Gasteiger charge is -2.35. The third-order valence-electron chi connectivity index (χ3n) is 10.8. The van der Waals surface area contributed by atoms with Gasteiger partial charge in [0, 0.05) is 13.0 Å². The molecule has 0 bridgehead atoms. The molecule has 1 aliphatic heterocycles. The van der Waals surface area contributed by atoms with Crippen LogP contribution in [0.2, 0.25) is 0 Å². The quantitative estimate of drug-likeness (QED) is 0.0966. The second kappa shape index (κ2) is 21.5. The SMILES string of the molecule is CCCC(NC(=O)[C@@H]1C[C@@H](OCc2ccccc2)CN1C(=O)C(NC(=O)c1ccccc1C(=O)O)C1CCCCC1)C(=O)C(=O)NCC(=O)N[C@@H](C(N)=O)c1ccccc1. The van der Waals surface area contributed by atoms with Crippen LogP contribution in [0, 0.1) is 5.92 Å². The highest BCUT2D eigenvalue weighted by Crippen LogP contribution is 2.31. The first-order chi connectivity index (χ1) is 28.9. The minimum atomic E-state index is -1.32. The zero-order valence-electron chi connectivity index (χ0n) is 33.5. The highest BCUT2D eigenvalue weighted by molar-refractivity contribution is 6.38. The third kappa shape index (κ3) is 11.8. The van der Waals surface area contributed by atoms with E-state index in [1.165, 1.54) is 29.2 Å². The molecule has 5 atom stereocenters. The lowest BCUT2D eigenvalue weighted by molar-refractivity contribution is -0.143. The Morgan fingerprint density at radius 3 is 2.08 bits per heavy atom. The summed E-state index contributed by atoms with van der Waals surface area (Å²) in [7, 11) is 0. The molecule has 0 radical (unpaired) electrons. The topological polar surface area (TPSA) is 243 Å². The van der Waals surface area contributed by atoms with Gasteiger partial charge in [0.2, 0.25) is 29.4 Å². The van der Waals surface area contributed by atoms with Crippen molar-refractivity contribution in [2.75, 3.05) is 13.1 Å². The second-order valence-corrected chi connectivity index (χ2v) is 15.1. The maximum absolute atomic E-state index is 14.7. The fourth-order valence-corrected chi connectivity index (χ4v) is 7.72. The van der Waals surface area contributed by atoms with Crippen LogP contribution in [0.1, 0.15) is 96.2 Å². The van der Waals surface area contributed by atoms with Gasteiger partial charge in [-0.05, 0) is 48.4 Å². The number of carbonyl (C=O) groups is 8. The zero-order valence-corrected chi connectivity index (χ0v) is 33.5. The smallest absolute Gasteiger partial charge is 0.336 e. The summed E-state index contributed by atoms with van der Waals surface area (Å²) in [5, 5.41) is 20.0. The molecule has 3 aromatic carbocycles. The van der Waals surface area contributed by atoms with Gasteiger partial charge in [0.25, 0.3) is 11.8 Å². The largest absolute Gasteiger partial charge is 0.478 e. The number of ketones is 1. The van der Waals surface area contributed by atoms with Crippen LogP contribution in [0.5, 0.6) is 0 Å². The van der Waals surface area contributed by atoms with Crippen molar-refractivity contribution < 1.29 is 48.2 Å². The number of ether oxygens (including phenoxy) is 1. The number of hydrogen-bond donors (Lipinski definition) is 6. The van der Waals surface area contributed by atoms with Crippen molar-refractivity contribution in [2.24, 2.45) is 11.7 Å². The van der Waals surface area contributed by atoms with Gasteiger partial charge in [-0.1, -0.05) is 105 Å². The first kappa shape index (κ1) is 44.7. The van der Waals surface area contributed by atoms with Crippen LogP contribution in [0.25, 0.3) is 0 Å². The highest BCUT2D eigenvalue weighted by Gasteiger charge is 2.45. The van der Waals surface area contributed by atoms with E-state index in [0.29, 0.717) is 24.8 Å². The van der Waals surface area contributed by atoms with Crippen LogP contribution in [0.3, 0.4) is 0 Å². The molecule has 1 saturated heterocycles. The van der Waals surface area contributed by atoms with Gasteiger partial charge >= 0.3 is 5.97 Å². The van der Waals surface area contributed by atoms with Crippen molar-refractivity contribution in [1.82, 2.24) is 26.2 Å². The first-order valence-electron chi connectivity index (χ1n) is 20.2. The predicted molar refractivity (Wildman–Crippen MR) is 218 cm³/mol. The molecule has 5 rings (SSSR count). The Morgan fingerprint density at radius 2 is 1.45 bits per heavy atom. The second-order valence-electron chi connectivity index (χ2n) is 15.1. The summed E-state index contributed by atoms with van der Waals surface area (Å²) in [6.07, 6.45) is 3.66. The number of carbonyl (C=O) groups excluding carboxylic acids is 7. The molecule has 16 heteroatoms. The predicted octanol–water partition coefficient (Wildman–Crippen LogP) is 2.56. The standard InChI is InChI=1S/C44H52N6O10/c1-2-14-33(38(52)42(56)46-24-35(51)48-36(39(45)53)28-17-8-4-9-18-28)47-41(55)34-23-30(60-26-27-15-6-3-7-16-27)25-50(34)43(57)37(29-19-10-5-11-20-29)49-40(54)31-21-12-13-22-32(31)44(58)59/h3-4,6-9,12-13,15-18,21-22,29-30,33-34,36-37H,2,5,10-11,14,19-20,23-26H2,1H3,(H2,45,53)(H,46,56)(H,47,55)(H,48,51)(H,49,54)(H,58,59)/t30-,33?,34+,36-,37?/m1/s1. The van der Waals surface area contributed by atoms with Crippen LogP contribution >= 0.6 is 0 Å². The maximum Gasteiger partial charge on any atom is 0.336 e. The summed E-state index contributed by atoms with van der Waals surface area (Å²) in [5.41, 5.74) is 6.44. The summed E-state index contributed by atoms with van der Waals surface area (Å²) in [5.74, 6) is -7.41. The Bertz CT molecular complexity index is 2020. The van der Waals surface area contributed by atoms with Crippen molar-refractivity contribution in [3.63, 3.8) is 0 Å². The summed E-state index contributed by atoms with van der Waals surface area (Å²) in [6.45, 7) is 1.26. The molecule has 318 valence electrons. The Balaban J connectivity index is 1.33. The summed E-state index contributed by atoms with van der Waals surface area (Å²) in [6, 6.07) is 18.5. The molecular formula is C44H52N6O10. The maximum atomic E-state index is 14.7. The van der Waals surface area contributed by atoms with E-state index in [9.17, 15) is 43.5 Å². The molecule has 2 fully saturated rings. The number of nitrogens with two attached hydrogens (primary N) is 1. The van der Waals surface area contributed by atoms with Crippen molar-refractivity contribution in [3.8, 4) is 0 Å². The average molecular weight is 825 g/mol. The molecule has 0 spiro atoms. The number of nitrogens with one attached hydrogen (secondary N) is 4. The number of benzene rings is 3. The normalized spacial score (nSPS) is 18.0. The first-order valence-corrected chi connectivity index (χ1v) is 20.2. The molecule has 2 unspecified atom stereocenters. The van der Waals surface area contributed by atoms with Crippen molar-refractivity contribution in [3.05, 3.63) is 107 Å². The number of Topliss-reactive ketones (excluding diaryl/α,β-unsaturated/α-hetero) is 1. The molecule has 3 aromatic rings. The molecule has 1 aliphatic carbocycles. The Hall–Kier alpha value is -6.42. The van der Waals surface area contributed by atoms with E-state index in [0.717, 1.165) is 24.8 Å². The number of carboxylic acid groups (broad SMARTS) is 1. The number of amides is 6. The van der Waals surface area contributed by atoms with Crippen LogP contribution in [-0.4, -0.2) is 94.5 Å². The number of carboxylic acids is 1. The van der Waals surface area contributed by atoms with E-state index in [1.54, 1.807) is 37.3 Å². The molecule has 0 aromatic heterocycles. The molecule has 7 N–H and O–H groups in total. The van der Waals surface area contributed by atoms with E-state index in [2.05, 4.69) is 21.3 Å². The van der Waals surface area contributed by atoms with E-state index in [1.807, 2.05) is 30.3 Å². The Kier molecular flexibility index (Phi) is 16.0. The zero-order chi connectivity index (χ0) is 43.2. The van der Waals surface area contributed by atoms with Gasteiger partial charge in [0.15, 0.2) is 0 Å². The van der Waals surface area contributed by atoms with Gasteiger partial charge in [-0.15, -0.1) is 0 Å². The Labute approximate surface area is 348 Å². The minimum Gasteiger partial charge on any atom is -0.478 e. The molecule has 16 nitrogen and oxygen atoms in total. The van der Waals surface area contributed by atoms with Gasteiger partial charge in [-0.2, -0.15) is 0 Å². The summed E-state index contributed by atoms with van der Waals surface area (Å²) in [4.78, 5) is 107. The summed E-state index contributed by atoms with van der Waals surface area (Å²) >= 11 is 0. The highest BCUT2D eigenvalue weighted by atomic mass is 16.5. The fraction of sp³-hybridized carbons (Fsp3) is 0.409. The number of likely N-dealkylation sites (tertiary alicyclic amines) is 1. The van der Waals surface area contributed by atoms with E-state index >= 15 is 0 Å². The number of nitrogens with zero attached hydrogens (tertiary/aromatic N) is 1. The van der Waals surface area contributed by atoms with E-state index < -0.39 is 84.0 Å². The number of hydrogen-bond acceptors (Lipinski definition) is 9. The Morgan fingerprint density at radius 1 is 0.817 bits per heavy atom.